The van der Waals surface area contributed by atoms with Crippen LogP contribution in [-0.2, 0) is 4.79 Å². The molecule has 4 heteroatoms. The first kappa shape index (κ1) is 16.1. The molecule has 2 rings (SSSR count). The molecule has 1 saturated carbocycles. The zero-order valence-corrected chi connectivity index (χ0v) is 14.0. The van der Waals surface area contributed by atoms with Crippen LogP contribution < -0.4 is 4.74 Å². The first-order valence-electron chi connectivity index (χ1n) is 7.31. The van der Waals surface area contributed by atoms with Gasteiger partial charge >= 0.3 is 5.97 Å². The molecule has 0 radical (unpaired) electrons. The Hall–Kier alpha value is -1.29. The van der Waals surface area contributed by atoms with Gasteiger partial charge in [-0.15, -0.1) is 0 Å². The van der Waals surface area contributed by atoms with Crippen LogP contribution in [0.1, 0.15) is 38.7 Å². The van der Waals surface area contributed by atoms with Gasteiger partial charge in [0.2, 0.25) is 0 Å². The van der Waals surface area contributed by atoms with Crippen LogP contribution in [0.4, 0.5) is 0 Å². The lowest BCUT2D eigenvalue weighted by atomic mass is 9.82. The van der Waals surface area contributed by atoms with Crippen molar-refractivity contribution in [1.29, 1.82) is 0 Å². The van der Waals surface area contributed by atoms with Crippen molar-refractivity contribution in [3.63, 3.8) is 0 Å². The molecule has 114 valence electrons. The van der Waals surface area contributed by atoms with E-state index in [2.05, 4.69) is 29.8 Å². The van der Waals surface area contributed by atoms with Gasteiger partial charge < -0.3 is 9.84 Å². The molecular weight excluding hydrogens is 332 g/mol. The van der Waals surface area contributed by atoms with Gasteiger partial charge in [0.15, 0.2) is 0 Å². The van der Waals surface area contributed by atoms with E-state index in [9.17, 15) is 4.79 Å². The average Bonchev–Trinajstić information content (AvgIpc) is 2.37. The Morgan fingerprint density at radius 3 is 2.57 bits per heavy atom. The molecular formula is C17H21BrO3. The molecule has 0 spiro atoms. The average molecular weight is 353 g/mol. The van der Waals surface area contributed by atoms with Crippen molar-refractivity contribution in [2.24, 2.45) is 11.8 Å². The maximum absolute atomic E-state index is 10.7. The third-order valence-electron chi connectivity index (χ3n) is 3.81. The second kappa shape index (κ2) is 7.12. The van der Waals surface area contributed by atoms with Gasteiger partial charge in [0.1, 0.15) is 5.75 Å². The number of hydrogen-bond donors (Lipinski definition) is 1. The van der Waals surface area contributed by atoms with E-state index >= 15 is 0 Å². The second-order valence-electron chi connectivity index (χ2n) is 6.01. The van der Waals surface area contributed by atoms with Crippen molar-refractivity contribution in [3.8, 4) is 5.75 Å². The summed E-state index contributed by atoms with van der Waals surface area (Å²) in [5.74, 6) is 1.14. The number of benzene rings is 1. The lowest BCUT2D eigenvalue weighted by molar-refractivity contribution is -0.131. The summed E-state index contributed by atoms with van der Waals surface area (Å²) in [6.45, 7) is 4.53. The van der Waals surface area contributed by atoms with E-state index < -0.39 is 5.97 Å². The van der Waals surface area contributed by atoms with E-state index in [-0.39, 0.29) is 6.10 Å². The van der Waals surface area contributed by atoms with Crippen LogP contribution in [-0.4, -0.2) is 17.2 Å². The van der Waals surface area contributed by atoms with Crippen LogP contribution in [0.15, 0.2) is 28.7 Å². The van der Waals surface area contributed by atoms with E-state index in [1.54, 1.807) is 6.08 Å². The predicted octanol–water partition coefficient (Wildman–Crippen LogP) is 4.75. The summed E-state index contributed by atoms with van der Waals surface area (Å²) in [5.41, 5.74) is 0.789. The van der Waals surface area contributed by atoms with Crippen LogP contribution in [0.5, 0.6) is 5.75 Å². The Kier molecular flexibility index (Phi) is 5.45. The standard InChI is InChI=1S/C17H21BrO3/c1-11-7-12(2)9-15(8-11)21-16-5-4-14(18)10-13(16)3-6-17(19)20/h3-6,10-12,15H,7-9H2,1-2H3,(H,19,20). The second-order valence-corrected chi connectivity index (χ2v) is 6.93. The molecule has 1 fully saturated rings. The zero-order chi connectivity index (χ0) is 15.4. The molecule has 2 atom stereocenters. The predicted molar refractivity (Wildman–Crippen MR) is 87.4 cm³/mol. The summed E-state index contributed by atoms with van der Waals surface area (Å²) in [5, 5.41) is 8.79. The highest BCUT2D eigenvalue weighted by molar-refractivity contribution is 9.10. The lowest BCUT2D eigenvalue weighted by Crippen LogP contribution is -2.28. The first-order valence-corrected chi connectivity index (χ1v) is 8.10. The van der Waals surface area contributed by atoms with Crippen molar-refractivity contribution in [2.75, 3.05) is 0 Å². The monoisotopic (exact) mass is 352 g/mol. The molecule has 2 unspecified atom stereocenters. The molecule has 1 aromatic carbocycles. The fourth-order valence-corrected chi connectivity index (χ4v) is 3.45. The van der Waals surface area contributed by atoms with Gasteiger partial charge in [-0.25, -0.2) is 4.79 Å². The minimum atomic E-state index is -0.958. The van der Waals surface area contributed by atoms with Crippen LogP contribution in [0.25, 0.3) is 6.08 Å². The van der Waals surface area contributed by atoms with Crippen LogP contribution in [0.2, 0.25) is 0 Å². The zero-order valence-electron chi connectivity index (χ0n) is 12.4. The van der Waals surface area contributed by atoms with Gasteiger partial charge in [-0.05, 0) is 55.4 Å². The Morgan fingerprint density at radius 2 is 1.95 bits per heavy atom. The van der Waals surface area contributed by atoms with Crippen LogP contribution in [0.3, 0.4) is 0 Å². The third-order valence-corrected chi connectivity index (χ3v) is 4.30. The number of hydrogen-bond acceptors (Lipinski definition) is 2. The Balaban J connectivity index is 2.17. The van der Waals surface area contributed by atoms with Crippen molar-refractivity contribution >= 4 is 28.0 Å². The highest BCUT2D eigenvalue weighted by Gasteiger charge is 2.25. The van der Waals surface area contributed by atoms with E-state index in [1.165, 1.54) is 6.42 Å². The highest BCUT2D eigenvalue weighted by atomic mass is 79.9. The molecule has 1 aromatic rings. The SMILES string of the molecule is CC1CC(C)CC(Oc2ccc(Br)cc2C=CC(=O)O)C1. The minimum Gasteiger partial charge on any atom is -0.490 e. The number of rotatable bonds is 4. The minimum absolute atomic E-state index is 0.210. The number of aliphatic carboxylic acids is 1. The van der Waals surface area contributed by atoms with Crippen molar-refractivity contribution in [2.45, 2.75) is 39.2 Å². The fraction of sp³-hybridized carbons (Fsp3) is 0.471. The van der Waals surface area contributed by atoms with E-state index in [0.29, 0.717) is 11.8 Å². The smallest absolute Gasteiger partial charge is 0.328 e. The number of carboxylic acid groups (broad SMARTS) is 1. The van der Waals surface area contributed by atoms with Gasteiger partial charge in [0.05, 0.1) is 6.10 Å². The Bertz CT molecular complexity index is 529. The maximum atomic E-state index is 10.7. The molecule has 1 N–H and O–H groups in total. The van der Waals surface area contributed by atoms with Crippen molar-refractivity contribution in [1.82, 2.24) is 0 Å². The first-order chi connectivity index (χ1) is 9.94. The fourth-order valence-electron chi connectivity index (χ4n) is 3.07. The molecule has 0 amide bonds. The molecule has 1 aliphatic carbocycles. The molecule has 3 nitrogen and oxygen atoms in total. The molecule has 21 heavy (non-hydrogen) atoms. The Morgan fingerprint density at radius 1 is 1.29 bits per heavy atom. The molecule has 0 saturated heterocycles. The summed E-state index contributed by atoms with van der Waals surface area (Å²) >= 11 is 3.41. The maximum Gasteiger partial charge on any atom is 0.328 e. The summed E-state index contributed by atoms with van der Waals surface area (Å²) in [7, 11) is 0. The normalized spacial score (nSPS) is 26.0. The Labute approximate surface area is 134 Å². The summed E-state index contributed by atoms with van der Waals surface area (Å²) < 4.78 is 7.06. The summed E-state index contributed by atoms with van der Waals surface area (Å²) in [6.07, 6.45) is 6.30. The van der Waals surface area contributed by atoms with Gasteiger partial charge in [0.25, 0.3) is 0 Å². The van der Waals surface area contributed by atoms with E-state index in [4.69, 9.17) is 9.84 Å². The van der Waals surface area contributed by atoms with E-state index in [0.717, 1.165) is 34.7 Å². The van der Waals surface area contributed by atoms with E-state index in [1.807, 2.05) is 18.2 Å². The molecule has 0 aromatic heterocycles. The highest BCUT2D eigenvalue weighted by Crippen LogP contribution is 2.33. The van der Waals surface area contributed by atoms with Crippen molar-refractivity contribution < 1.29 is 14.6 Å². The number of ether oxygens (including phenoxy) is 1. The largest absolute Gasteiger partial charge is 0.490 e. The summed E-state index contributed by atoms with van der Waals surface area (Å²) in [6, 6.07) is 5.70. The molecule has 0 aliphatic heterocycles. The third kappa shape index (κ3) is 4.88. The number of carbonyl (C=O) groups is 1. The lowest BCUT2D eigenvalue weighted by Gasteiger charge is -2.32. The number of carboxylic acids is 1. The van der Waals surface area contributed by atoms with Gasteiger partial charge in [0, 0.05) is 16.1 Å². The topological polar surface area (TPSA) is 46.5 Å². The quantitative estimate of drug-likeness (QED) is 0.795. The molecule has 0 heterocycles. The van der Waals surface area contributed by atoms with Crippen LogP contribution >= 0.6 is 15.9 Å². The summed E-state index contributed by atoms with van der Waals surface area (Å²) in [4.78, 5) is 10.7. The molecule has 0 bridgehead atoms. The van der Waals surface area contributed by atoms with Gasteiger partial charge in [-0.3, -0.25) is 0 Å². The number of halogens is 1. The van der Waals surface area contributed by atoms with Crippen molar-refractivity contribution in [3.05, 3.63) is 34.3 Å². The van der Waals surface area contributed by atoms with Gasteiger partial charge in [-0.1, -0.05) is 29.8 Å². The van der Waals surface area contributed by atoms with Crippen LogP contribution in [0, 0.1) is 11.8 Å². The molecule has 1 aliphatic rings. The van der Waals surface area contributed by atoms with Gasteiger partial charge in [-0.2, -0.15) is 0 Å².